The second-order valence-corrected chi connectivity index (χ2v) is 33.5. The number of nitrogens with zero attached hydrogens (tertiary/aromatic N) is 9. The van der Waals surface area contributed by atoms with Crippen LogP contribution in [0.25, 0.3) is 0 Å². The summed E-state index contributed by atoms with van der Waals surface area (Å²) in [7, 11) is 11.4. The first-order valence-corrected chi connectivity index (χ1v) is 47.9. The number of hydrogen-bond donors (Lipinski definition) is 28. The van der Waals surface area contributed by atoms with Crippen LogP contribution in [0.2, 0.25) is 0 Å². The van der Waals surface area contributed by atoms with Crippen molar-refractivity contribution in [3.05, 3.63) is 0 Å². The van der Waals surface area contributed by atoms with Gasteiger partial charge in [0, 0.05) is 227 Å². The molecule has 0 aliphatic heterocycles. The third-order valence-corrected chi connectivity index (χ3v) is 22.7. The molecule has 0 heterocycles. The van der Waals surface area contributed by atoms with E-state index in [1.807, 2.05) is 35.7 Å². The molecule has 0 rings (SSSR count). The molecule has 0 aromatic heterocycles. The molecule has 0 aromatic rings. The van der Waals surface area contributed by atoms with E-state index in [2.05, 4.69) is 133 Å². The third-order valence-electron chi connectivity index (χ3n) is 20.1. The van der Waals surface area contributed by atoms with Gasteiger partial charge in [0.1, 0.15) is 12.6 Å². The Hall–Kier alpha value is -4.70. The minimum Gasteiger partial charge on any atom is -0.387 e. The molecular formula is C79H183N37O4S2. The van der Waals surface area contributed by atoms with E-state index in [9.17, 15) is 19.2 Å². The fourth-order valence-corrected chi connectivity index (χ4v) is 14.6. The fraction of sp³-hybridized carbons (Fsp3) is 0.899. The lowest BCUT2D eigenvalue weighted by atomic mass is 10.1. The summed E-state index contributed by atoms with van der Waals surface area (Å²) in [5.41, 5.74) is 74.5. The maximum atomic E-state index is 12.7. The first-order chi connectivity index (χ1) is 58.9. The largest absolute Gasteiger partial charge is 0.387 e. The molecule has 0 aliphatic carbocycles. The van der Waals surface area contributed by atoms with E-state index in [4.69, 9.17) is 79.9 Å². The predicted molar refractivity (Wildman–Crippen MR) is 515 cm³/mol. The van der Waals surface area contributed by atoms with E-state index in [0.29, 0.717) is 136 Å². The van der Waals surface area contributed by atoms with E-state index in [0.717, 1.165) is 258 Å². The number of likely N-dealkylation sites (N-methyl/N-ethyl adjacent to an activating group) is 4. The van der Waals surface area contributed by atoms with Gasteiger partial charge < -0.3 is 158 Å². The Labute approximate surface area is 744 Å². The van der Waals surface area contributed by atoms with Gasteiger partial charge in [-0.2, -0.15) is 0 Å². The summed E-state index contributed by atoms with van der Waals surface area (Å²) in [4.78, 5) is 77.7. The van der Waals surface area contributed by atoms with Crippen LogP contribution in [-0.4, -0.2) is 408 Å². The number of unbranched alkanes of at least 4 members (excludes halogenated alkanes) is 4. The number of nitrogens with one attached hydrogen (secondary N) is 15. The topological polar surface area (TPSA) is 655 Å². The van der Waals surface area contributed by atoms with Crippen molar-refractivity contribution in [2.75, 3.05) is 295 Å². The Morgan fingerprint density at radius 2 is 0.738 bits per heavy atom. The lowest BCUT2D eigenvalue weighted by Gasteiger charge is -2.28. The average molecular weight is 1780 g/mol. The van der Waals surface area contributed by atoms with E-state index >= 15 is 0 Å². The second kappa shape index (κ2) is 87.0. The van der Waals surface area contributed by atoms with Crippen LogP contribution in [0, 0.1) is 5.41 Å². The summed E-state index contributed by atoms with van der Waals surface area (Å²) in [5.74, 6) is 2.60. The van der Waals surface area contributed by atoms with E-state index < -0.39 is 24.7 Å². The molecule has 0 saturated heterocycles. The standard InChI is InChI=1S/C41H94N18O2S2.C38H89N19O2/c1-4-62-63-34-10-12-35(43)11-8-16-51-22-30-59(28-21-49-2)33-32-58(29-23-52-19-20-53-39(61)37(50-3)14-18-56-41(47)48)26-7-5-6-25-57(27-15-42)31-24-54-38(60)36(44)13-9-17-55-40(45)46;1-4-9-34(41)50-21-28-55(29-22-52-35(58)32(40)10-8-13-53-37(42)43)23-6-5-7-24-56(30-31-57(25-18-46-2)27-19-48-15-12-39)26-20-49-16-17-51-36(59)33(47-3)11-14-54-38(44)45/h36-37,41,43,49-52,56H,4-34,42,44,47-48H2,1-3H3,(H,53,61)(H,54,60)(H4,45,46,55);32-33,38,46-49,54H,4-31,39-40,44-45H2,1-3H3,(H2,41,50)(H,51,59)(H,52,58)(H4,42,43,53). The van der Waals surface area contributed by atoms with Gasteiger partial charge in [0.15, 0.2) is 11.9 Å². The molecule has 0 bridgehead atoms. The van der Waals surface area contributed by atoms with Crippen molar-refractivity contribution in [3.8, 4) is 0 Å². The number of amidine groups is 1. The molecule has 0 saturated carbocycles. The fourth-order valence-electron chi connectivity index (χ4n) is 12.9. The number of rotatable bonds is 89. The third kappa shape index (κ3) is 77.6. The van der Waals surface area contributed by atoms with Gasteiger partial charge >= 0.3 is 0 Å². The van der Waals surface area contributed by atoms with Crippen LogP contribution in [0.4, 0.5) is 0 Å². The maximum Gasteiger partial charge on any atom is 0.237 e. The molecule has 0 radical (unpaired) electrons. The number of guanidine groups is 2. The number of aliphatic imine (C=N–C) groups is 3. The van der Waals surface area contributed by atoms with Crippen molar-refractivity contribution in [3.63, 3.8) is 0 Å². The lowest BCUT2D eigenvalue weighted by molar-refractivity contribution is -0.123. The van der Waals surface area contributed by atoms with Gasteiger partial charge in [-0.25, -0.2) is 0 Å². The van der Waals surface area contributed by atoms with Gasteiger partial charge in [-0.1, -0.05) is 48.3 Å². The first kappa shape index (κ1) is 119. The van der Waals surface area contributed by atoms with E-state index in [1.165, 1.54) is 0 Å². The van der Waals surface area contributed by atoms with Crippen molar-refractivity contribution < 1.29 is 19.2 Å². The van der Waals surface area contributed by atoms with Gasteiger partial charge in [-0.3, -0.25) is 59.5 Å². The van der Waals surface area contributed by atoms with Crippen LogP contribution in [-0.2, 0) is 19.2 Å². The van der Waals surface area contributed by atoms with Gasteiger partial charge in [-0.05, 0) is 170 Å². The highest BCUT2D eigenvalue weighted by atomic mass is 33.1. The molecule has 0 spiro atoms. The predicted octanol–water partition coefficient (Wildman–Crippen LogP) is -7.26. The summed E-state index contributed by atoms with van der Waals surface area (Å²) >= 11 is 0. The highest BCUT2D eigenvalue weighted by Crippen LogP contribution is 2.22. The van der Waals surface area contributed by atoms with Crippen molar-refractivity contribution in [1.82, 2.24) is 104 Å². The van der Waals surface area contributed by atoms with Crippen LogP contribution in [0.5, 0.6) is 0 Å². The van der Waals surface area contributed by atoms with Crippen LogP contribution >= 0.6 is 21.6 Å². The quantitative estimate of drug-likeness (QED) is 0.00884. The van der Waals surface area contributed by atoms with E-state index in [1.54, 1.807) is 14.1 Å². The normalized spacial score (nSPS) is 12.9. The number of hydrogen-bond acceptors (Lipinski definition) is 34. The molecule has 41 N–H and O–H groups in total. The highest BCUT2D eigenvalue weighted by molar-refractivity contribution is 8.76. The first-order valence-electron chi connectivity index (χ1n) is 45.5. The molecule has 4 atom stereocenters. The maximum absolute atomic E-state index is 12.7. The summed E-state index contributed by atoms with van der Waals surface area (Å²) in [6, 6.07) is -1.83. The van der Waals surface area contributed by atoms with Crippen molar-refractivity contribution in [2.45, 2.75) is 166 Å². The number of nitrogens with two attached hydrogens (primary N) is 13. The van der Waals surface area contributed by atoms with Crippen molar-refractivity contribution in [1.29, 1.82) is 5.41 Å². The summed E-state index contributed by atoms with van der Waals surface area (Å²) in [6.45, 7) is 35.0. The Morgan fingerprint density at radius 1 is 0.352 bits per heavy atom. The van der Waals surface area contributed by atoms with Gasteiger partial charge in [-0.15, -0.1) is 0 Å². The molecule has 0 aliphatic rings. The van der Waals surface area contributed by atoms with Crippen LogP contribution < -0.4 is 149 Å². The minimum atomic E-state index is -0.607. The monoisotopic (exact) mass is 1780 g/mol. The van der Waals surface area contributed by atoms with Gasteiger partial charge in [0.05, 0.1) is 36.5 Å². The van der Waals surface area contributed by atoms with Crippen LogP contribution in [0.15, 0.2) is 15.0 Å². The lowest BCUT2D eigenvalue weighted by Crippen LogP contribution is -2.49. The van der Waals surface area contributed by atoms with Crippen molar-refractivity contribution >= 4 is 68.7 Å². The highest BCUT2D eigenvalue weighted by Gasteiger charge is 2.20. The molecule has 41 nitrogen and oxygen atoms in total. The molecular weight excluding hydrogens is 1600 g/mol. The van der Waals surface area contributed by atoms with Crippen molar-refractivity contribution in [2.24, 2.45) is 89.5 Å². The Bertz CT molecular complexity index is 2530. The zero-order valence-electron chi connectivity index (χ0n) is 76.7. The minimum absolute atomic E-state index is 0.0361. The zero-order chi connectivity index (χ0) is 90.7. The molecule has 4 unspecified atom stereocenters. The molecule has 720 valence electrons. The molecule has 122 heavy (non-hydrogen) atoms. The number of carbonyl (C=O) groups excluding carboxylic acids is 4. The van der Waals surface area contributed by atoms with Crippen LogP contribution in [0.3, 0.4) is 0 Å². The van der Waals surface area contributed by atoms with E-state index in [-0.39, 0.29) is 47.6 Å². The number of carbonyl (C=O) groups is 4. The van der Waals surface area contributed by atoms with Gasteiger partial charge in [0.25, 0.3) is 0 Å². The summed E-state index contributed by atoms with van der Waals surface area (Å²) < 4.78 is 0. The SMILES string of the molecule is CCCC(N)=NCCN(CCCCCN(CCNCCNC(=O)C(CCNC(N)N)NC)CCN(CCNC)CCNCCN)CCNC(=O)C(N)CCCN=C(N)N.CCSSCCCC(=N)CCCNCCN(CCNC)CCN(CCCCCN(CCN)CCNC(=O)C(N)CCCN=C(N)N)CCNCCNC(=O)C(CCNC(N)N)NC. The summed E-state index contributed by atoms with van der Waals surface area (Å²) in [6.07, 6.45) is 14.3. The Morgan fingerprint density at radius 3 is 1.13 bits per heavy atom. The summed E-state index contributed by atoms with van der Waals surface area (Å²) in [5, 5.41) is 53.0. The average Bonchev–Trinajstić information content (AvgIpc) is 0.691. The Balaban J connectivity index is 0. The molecule has 0 fully saturated rings. The zero-order valence-corrected chi connectivity index (χ0v) is 78.3. The van der Waals surface area contributed by atoms with Crippen LogP contribution in [0.1, 0.15) is 129 Å². The smallest absolute Gasteiger partial charge is 0.237 e. The molecule has 4 amide bonds. The number of amides is 4. The molecule has 0 aromatic carbocycles. The molecule has 43 heteroatoms. The van der Waals surface area contributed by atoms with Gasteiger partial charge in [0.2, 0.25) is 23.6 Å². The second-order valence-electron chi connectivity index (χ2n) is 30.6. The Kier molecular flexibility index (Phi) is 85.1.